The van der Waals surface area contributed by atoms with Crippen molar-refractivity contribution >= 4 is 6.21 Å². The van der Waals surface area contributed by atoms with Crippen molar-refractivity contribution in [1.82, 2.24) is 0 Å². The summed E-state index contributed by atoms with van der Waals surface area (Å²) in [5, 5.41) is 0. The number of nitrogens with two attached hydrogens (primary N) is 1. The summed E-state index contributed by atoms with van der Waals surface area (Å²) < 4.78 is 0. The van der Waals surface area contributed by atoms with Gasteiger partial charge in [0.1, 0.15) is 5.82 Å². The minimum atomic E-state index is 0.313. The van der Waals surface area contributed by atoms with Crippen molar-refractivity contribution in [3.8, 4) is 0 Å². The minimum Gasteiger partial charge on any atom is -0.384 e. The molecule has 0 radical (unpaired) electrons. The van der Waals surface area contributed by atoms with Gasteiger partial charge in [0.25, 0.3) is 0 Å². The highest BCUT2D eigenvalue weighted by atomic mass is 14.9. The molecule has 0 bridgehead atoms. The predicted molar refractivity (Wildman–Crippen MR) is 48.0 cm³/mol. The number of aliphatic imine (C=N–C) groups is 1. The van der Waals surface area contributed by atoms with E-state index in [0.717, 1.165) is 5.57 Å². The summed E-state index contributed by atoms with van der Waals surface area (Å²) in [6.07, 6.45) is 1.57. The van der Waals surface area contributed by atoms with Crippen molar-refractivity contribution in [2.24, 2.45) is 10.7 Å². The Kier molecular flexibility index (Phi) is 9.31. The Labute approximate surface area is 63.2 Å². The van der Waals surface area contributed by atoms with E-state index in [-0.39, 0.29) is 0 Å². The van der Waals surface area contributed by atoms with Gasteiger partial charge in [-0.1, -0.05) is 27.0 Å². The molecule has 10 heavy (non-hydrogen) atoms. The van der Waals surface area contributed by atoms with E-state index in [9.17, 15) is 0 Å². The van der Waals surface area contributed by atoms with Crippen LogP contribution in [-0.2, 0) is 0 Å². The first-order valence-corrected chi connectivity index (χ1v) is 3.27. The molecule has 0 aliphatic carbocycles. The van der Waals surface area contributed by atoms with E-state index in [1.54, 1.807) is 6.21 Å². The SMILES string of the molecule is C=C(C)/C=N\C(=C)N.CC. The third-order valence-electron chi connectivity index (χ3n) is 0.451. The molecule has 0 aliphatic heterocycles. The Bertz CT molecular complexity index is 118. The maximum atomic E-state index is 5.11. The first kappa shape index (κ1) is 11.7. The van der Waals surface area contributed by atoms with E-state index in [2.05, 4.69) is 18.2 Å². The zero-order valence-corrected chi connectivity index (χ0v) is 7.02. The van der Waals surface area contributed by atoms with Crippen LogP contribution in [0.5, 0.6) is 0 Å². The summed E-state index contributed by atoms with van der Waals surface area (Å²) in [5.41, 5.74) is 5.98. The highest BCUT2D eigenvalue weighted by Crippen LogP contribution is 1.82. The van der Waals surface area contributed by atoms with Crippen LogP contribution in [0.4, 0.5) is 0 Å². The summed E-state index contributed by atoms with van der Waals surface area (Å²) in [6.45, 7) is 12.8. The van der Waals surface area contributed by atoms with Gasteiger partial charge in [-0.2, -0.15) is 0 Å². The van der Waals surface area contributed by atoms with Gasteiger partial charge in [-0.15, -0.1) is 0 Å². The summed E-state index contributed by atoms with van der Waals surface area (Å²) in [4.78, 5) is 3.68. The van der Waals surface area contributed by atoms with Crippen molar-refractivity contribution in [3.63, 3.8) is 0 Å². The van der Waals surface area contributed by atoms with Gasteiger partial charge in [0.15, 0.2) is 0 Å². The van der Waals surface area contributed by atoms with Gasteiger partial charge >= 0.3 is 0 Å². The van der Waals surface area contributed by atoms with Crippen molar-refractivity contribution in [1.29, 1.82) is 0 Å². The fourth-order valence-corrected chi connectivity index (χ4v) is 0.193. The molecule has 0 fully saturated rings. The number of hydrogen-bond donors (Lipinski definition) is 1. The lowest BCUT2D eigenvalue weighted by molar-refractivity contribution is 1.27. The van der Waals surface area contributed by atoms with Crippen LogP contribution in [0.1, 0.15) is 20.8 Å². The number of rotatable bonds is 2. The van der Waals surface area contributed by atoms with Gasteiger partial charge in [0.2, 0.25) is 0 Å². The summed E-state index contributed by atoms with van der Waals surface area (Å²) in [5.74, 6) is 0.313. The van der Waals surface area contributed by atoms with E-state index in [4.69, 9.17) is 5.73 Å². The molecule has 0 saturated carbocycles. The third kappa shape index (κ3) is 15.8. The van der Waals surface area contributed by atoms with Crippen molar-refractivity contribution in [2.75, 3.05) is 0 Å². The maximum Gasteiger partial charge on any atom is 0.115 e. The number of nitrogens with zero attached hydrogens (tertiary/aromatic N) is 1. The Balaban J connectivity index is 0. The molecule has 0 saturated heterocycles. The average molecular weight is 140 g/mol. The van der Waals surface area contributed by atoms with Crippen molar-refractivity contribution < 1.29 is 0 Å². The van der Waals surface area contributed by atoms with Crippen LogP contribution in [0, 0.1) is 0 Å². The van der Waals surface area contributed by atoms with Crippen LogP contribution >= 0.6 is 0 Å². The highest BCUT2D eigenvalue weighted by Gasteiger charge is 1.73. The molecule has 2 heteroatoms. The molecule has 2 N–H and O–H groups in total. The van der Waals surface area contributed by atoms with Crippen LogP contribution in [-0.4, -0.2) is 6.21 Å². The van der Waals surface area contributed by atoms with E-state index < -0.39 is 0 Å². The molecule has 0 aliphatic rings. The second-order valence-corrected chi connectivity index (χ2v) is 1.60. The van der Waals surface area contributed by atoms with Crippen LogP contribution in [0.25, 0.3) is 0 Å². The van der Waals surface area contributed by atoms with Crippen LogP contribution in [0.3, 0.4) is 0 Å². The average Bonchev–Trinajstić information content (AvgIpc) is 1.89. The van der Waals surface area contributed by atoms with E-state index in [1.807, 2.05) is 20.8 Å². The van der Waals surface area contributed by atoms with Gasteiger partial charge < -0.3 is 5.73 Å². The van der Waals surface area contributed by atoms with Crippen LogP contribution < -0.4 is 5.73 Å². The van der Waals surface area contributed by atoms with E-state index >= 15 is 0 Å². The standard InChI is InChI=1S/C6H10N2.C2H6/c1-5(2)4-8-6(3)7;1-2/h4H,1,3,7H2,2H3;1-2H3/b8-4-;. The normalized spacial score (nSPS) is 8.30. The molecule has 0 rings (SSSR count). The molecule has 0 aromatic carbocycles. The van der Waals surface area contributed by atoms with Gasteiger partial charge in [-0.05, 0) is 12.5 Å². The highest BCUT2D eigenvalue weighted by molar-refractivity contribution is 5.77. The van der Waals surface area contributed by atoms with Crippen LogP contribution in [0.15, 0.2) is 29.5 Å². The molecule has 0 aromatic heterocycles. The fourth-order valence-electron chi connectivity index (χ4n) is 0.193. The Morgan fingerprint density at radius 1 is 1.40 bits per heavy atom. The summed E-state index contributed by atoms with van der Waals surface area (Å²) >= 11 is 0. The maximum absolute atomic E-state index is 5.11. The molecular formula is C8H16N2. The summed E-state index contributed by atoms with van der Waals surface area (Å²) in [7, 11) is 0. The second-order valence-electron chi connectivity index (χ2n) is 1.60. The largest absolute Gasteiger partial charge is 0.384 e. The second kappa shape index (κ2) is 7.95. The Morgan fingerprint density at radius 2 is 1.80 bits per heavy atom. The van der Waals surface area contributed by atoms with Crippen LogP contribution in [0.2, 0.25) is 0 Å². The third-order valence-corrected chi connectivity index (χ3v) is 0.451. The van der Waals surface area contributed by atoms with Gasteiger partial charge in [-0.25, -0.2) is 4.99 Å². The first-order valence-electron chi connectivity index (χ1n) is 3.27. The lowest BCUT2D eigenvalue weighted by Gasteiger charge is -1.84. The van der Waals surface area contributed by atoms with Crippen molar-refractivity contribution in [3.05, 3.63) is 24.6 Å². The zero-order chi connectivity index (χ0) is 8.57. The summed E-state index contributed by atoms with van der Waals surface area (Å²) in [6, 6.07) is 0. The number of hydrogen-bond acceptors (Lipinski definition) is 2. The van der Waals surface area contributed by atoms with E-state index in [0.29, 0.717) is 5.82 Å². The quantitative estimate of drug-likeness (QED) is 0.586. The first-order chi connectivity index (χ1) is 4.63. The van der Waals surface area contributed by atoms with Crippen molar-refractivity contribution in [2.45, 2.75) is 20.8 Å². The molecule has 0 atom stereocenters. The Hall–Kier alpha value is -1.05. The smallest absolute Gasteiger partial charge is 0.115 e. The van der Waals surface area contributed by atoms with Gasteiger partial charge in [-0.3, -0.25) is 0 Å². The zero-order valence-electron chi connectivity index (χ0n) is 7.02. The lowest BCUT2D eigenvalue weighted by atomic mass is 10.4. The molecule has 0 amide bonds. The fraction of sp³-hybridized carbons (Fsp3) is 0.375. The predicted octanol–water partition coefficient (Wildman–Crippen LogP) is 2.09. The lowest BCUT2D eigenvalue weighted by Crippen LogP contribution is -1.90. The molecular weight excluding hydrogens is 124 g/mol. The topological polar surface area (TPSA) is 38.4 Å². The molecule has 0 spiro atoms. The molecule has 0 heterocycles. The molecule has 2 nitrogen and oxygen atoms in total. The minimum absolute atomic E-state index is 0.313. The molecule has 0 aromatic rings. The molecule has 0 unspecified atom stereocenters. The monoisotopic (exact) mass is 140 g/mol. The Morgan fingerprint density at radius 3 is 1.90 bits per heavy atom. The molecule has 58 valence electrons. The van der Waals surface area contributed by atoms with Gasteiger partial charge in [0.05, 0.1) is 0 Å². The number of allylic oxidation sites excluding steroid dienone is 1. The van der Waals surface area contributed by atoms with Gasteiger partial charge in [0, 0.05) is 6.21 Å². The van der Waals surface area contributed by atoms with E-state index in [1.165, 1.54) is 0 Å².